The summed E-state index contributed by atoms with van der Waals surface area (Å²) in [6.45, 7) is 4.49. The first-order valence-corrected chi connectivity index (χ1v) is 10.2. The number of carbonyl (C=O) groups excluding carboxylic acids is 2. The normalized spacial score (nSPS) is 18.1. The van der Waals surface area contributed by atoms with Crippen LogP contribution in [-0.2, 0) is 4.79 Å². The van der Waals surface area contributed by atoms with Gasteiger partial charge in [0.25, 0.3) is 5.91 Å². The van der Waals surface area contributed by atoms with Crippen molar-refractivity contribution >= 4 is 22.8 Å². The largest absolute Gasteiger partial charge is 0.345 e. The Morgan fingerprint density at radius 3 is 2.28 bits per heavy atom. The maximum Gasteiger partial charge on any atom is 0.253 e. The van der Waals surface area contributed by atoms with Crippen molar-refractivity contribution in [2.75, 3.05) is 26.2 Å². The molecule has 6 nitrogen and oxygen atoms in total. The summed E-state index contributed by atoms with van der Waals surface area (Å²) >= 11 is 0. The van der Waals surface area contributed by atoms with Crippen LogP contribution in [0, 0.1) is 5.41 Å². The van der Waals surface area contributed by atoms with Crippen LogP contribution < -0.4 is 0 Å². The molecule has 0 unspecified atom stereocenters. The van der Waals surface area contributed by atoms with Gasteiger partial charge in [-0.2, -0.15) is 0 Å². The number of hydrogen-bond donors (Lipinski definition) is 1. The minimum atomic E-state index is -0.138. The van der Waals surface area contributed by atoms with E-state index in [1.807, 2.05) is 53.1 Å². The molecule has 1 aliphatic heterocycles. The monoisotopic (exact) mass is 388 g/mol. The van der Waals surface area contributed by atoms with Crippen molar-refractivity contribution in [2.45, 2.75) is 19.8 Å². The van der Waals surface area contributed by atoms with Crippen LogP contribution in [0.3, 0.4) is 0 Å². The minimum absolute atomic E-state index is 0.0327. The summed E-state index contributed by atoms with van der Waals surface area (Å²) in [7, 11) is 0. The van der Waals surface area contributed by atoms with Gasteiger partial charge in [0.15, 0.2) is 0 Å². The van der Waals surface area contributed by atoms with Crippen LogP contribution in [0.4, 0.5) is 0 Å². The number of aromatic amines is 1. The fraction of sp³-hybridized carbons (Fsp3) is 0.348. The number of imidazole rings is 1. The van der Waals surface area contributed by atoms with Gasteiger partial charge in [0.1, 0.15) is 0 Å². The maximum absolute atomic E-state index is 12.9. The summed E-state index contributed by atoms with van der Waals surface area (Å²) in [5, 5.41) is 0. The maximum atomic E-state index is 12.9. The molecule has 1 aliphatic carbocycles. The van der Waals surface area contributed by atoms with Crippen molar-refractivity contribution in [2.24, 2.45) is 5.41 Å². The molecule has 2 aliphatic rings. The lowest BCUT2D eigenvalue weighted by Gasteiger charge is -2.36. The van der Waals surface area contributed by atoms with E-state index in [4.69, 9.17) is 0 Å². The van der Waals surface area contributed by atoms with Gasteiger partial charge in [-0.25, -0.2) is 4.98 Å². The van der Waals surface area contributed by atoms with E-state index in [2.05, 4.69) is 16.0 Å². The van der Waals surface area contributed by atoms with Gasteiger partial charge >= 0.3 is 0 Å². The second kappa shape index (κ2) is 6.72. The van der Waals surface area contributed by atoms with E-state index < -0.39 is 0 Å². The molecule has 0 bridgehead atoms. The quantitative estimate of drug-likeness (QED) is 0.748. The molecular formula is C23H24N4O2. The summed E-state index contributed by atoms with van der Waals surface area (Å²) in [6.07, 6.45) is 3.67. The lowest BCUT2D eigenvalue weighted by Crippen LogP contribution is -2.52. The van der Waals surface area contributed by atoms with Gasteiger partial charge in [0.05, 0.1) is 17.4 Å². The predicted octanol–water partition coefficient (Wildman–Crippen LogP) is 3.31. The molecule has 5 rings (SSSR count). The van der Waals surface area contributed by atoms with Crippen LogP contribution >= 0.6 is 0 Å². The zero-order valence-corrected chi connectivity index (χ0v) is 16.5. The second-order valence-corrected chi connectivity index (χ2v) is 8.36. The number of H-pyrrole nitrogens is 1. The van der Waals surface area contributed by atoms with E-state index in [1.54, 1.807) is 6.33 Å². The summed E-state index contributed by atoms with van der Waals surface area (Å²) in [4.78, 5) is 36.5. The standard InChI is InChI=1S/C23H24N4O2/c1-23(8-9-23)22(29)27-12-10-26(11-13-27)21(28)17-4-2-16(3-5-17)18-6-7-19-20(14-18)25-15-24-19/h2-7,14-15H,8-13H2,1H3,(H,24,25). The molecule has 1 saturated carbocycles. The van der Waals surface area contributed by atoms with Gasteiger partial charge in [-0.3, -0.25) is 9.59 Å². The highest BCUT2D eigenvalue weighted by atomic mass is 16.2. The Kier molecular flexibility index (Phi) is 4.15. The molecule has 0 atom stereocenters. The number of nitrogens with zero attached hydrogens (tertiary/aromatic N) is 3. The van der Waals surface area contributed by atoms with Gasteiger partial charge in [-0.15, -0.1) is 0 Å². The van der Waals surface area contributed by atoms with Gasteiger partial charge < -0.3 is 14.8 Å². The van der Waals surface area contributed by atoms with Gasteiger partial charge in [0.2, 0.25) is 5.91 Å². The summed E-state index contributed by atoms with van der Waals surface area (Å²) in [5.74, 6) is 0.286. The number of rotatable bonds is 3. The van der Waals surface area contributed by atoms with Crippen molar-refractivity contribution in [3.05, 3.63) is 54.4 Å². The number of carbonyl (C=O) groups is 2. The SMILES string of the molecule is CC1(C(=O)N2CCN(C(=O)c3ccc(-c4ccc5nc[nH]c5c4)cc3)CC2)CC1. The molecule has 2 heterocycles. The molecule has 0 spiro atoms. The molecule has 0 radical (unpaired) electrons. The molecule has 6 heteroatoms. The summed E-state index contributed by atoms with van der Waals surface area (Å²) in [5.41, 5.74) is 4.63. The van der Waals surface area contributed by atoms with Crippen LogP contribution in [0.25, 0.3) is 22.2 Å². The Morgan fingerprint density at radius 2 is 1.59 bits per heavy atom. The molecule has 148 valence electrons. The Labute approximate surface area is 169 Å². The van der Waals surface area contributed by atoms with Crippen molar-refractivity contribution in [1.82, 2.24) is 19.8 Å². The molecule has 1 N–H and O–H groups in total. The summed E-state index contributed by atoms with van der Waals surface area (Å²) < 4.78 is 0. The molecule has 3 aromatic rings. The molecular weight excluding hydrogens is 364 g/mol. The predicted molar refractivity (Wildman–Crippen MR) is 111 cm³/mol. The first-order chi connectivity index (χ1) is 14.0. The van der Waals surface area contributed by atoms with Crippen LogP contribution in [0.5, 0.6) is 0 Å². The smallest absolute Gasteiger partial charge is 0.253 e. The minimum Gasteiger partial charge on any atom is -0.345 e. The average molecular weight is 388 g/mol. The third-order valence-corrected chi connectivity index (χ3v) is 6.26. The highest BCUT2D eigenvalue weighted by Gasteiger charge is 2.47. The van der Waals surface area contributed by atoms with E-state index in [0.717, 1.165) is 35.0 Å². The lowest BCUT2D eigenvalue weighted by atomic mass is 10.0. The molecule has 2 fully saturated rings. The number of piperazine rings is 1. The van der Waals surface area contributed by atoms with Crippen LogP contribution in [0.15, 0.2) is 48.8 Å². The van der Waals surface area contributed by atoms with E-state index in [9.17, 15) is 9.59 Å². The zero-order chi connectivity index (χ0) is 20.0. The van der Waals surface area contributed by atoms with Crippen molar-refractivity contribution in [3.63, 3.8) is 0 Å². The van der Waals surface area contributed by atoms with E-state index in [1.165, 1.54) is 0 Å². The van der Waals surface area contributed by atoms with E-state index in [0.29, 0.717) is 31.7 Å². The number of fused-ring (bicyclic) bond motifs is 1. The van der Waals surface area contributed by atoms with Crippen LogP contribution in [0.2, 0.25) is 0 Å². The molecule has 1 aromatic heterocycles. The van der Waals surface area contributed by atoms with Gasteiger partial charge in [0, 0.05) is 37.2 Å². The van der Waals surface area contributed by atoms with E-state index >= 15 is 0 Å². The highest BCUT2D eigenvalue weighted by molar-refractivity contribution is 5.95. The second-order valence-electron chi connectivity index (χ2n) is 8.36. The number of nitrogens with one attached hydrogen (secondary N) is 1. The third kappa shape index (κ3) is 3.28. The molecule has 29 heavy (non-hydrogen) atoms. The zero-order valence-electron chi connectivity index (χ0n) is 16.5. The number of benzene rings is 2. The Balaban J connectivity index is 1.25. The van der Waals surface area contributed by atoms with Crippen molar-refractivity contribution in [3.8, 4) is 11.1 Å². The third-order valence-electron chi connectivity index (χ3n) is 6.26. The van der Waals surface area contributed by atoms with E-state index in [-0.39, 0.29) is 17.2 Å². The Bertz CT molecular complexity index is 1070. The fourth-order valence-electron chi connectivity index (χ4n) is 4.00. The Hall–Kier alpha value is -3.15. The van der Waals surface area contributed by atoms with Crippen molar-refractivity contribution < 1.29 is 9.59 Å². The lowest BCUT2D eigenvalue weighted by molar-refractivity contribution is -0.137. The number of amides is 2. The van der Waals surface area contributed by atoms with Crippen molar-refractivity contribution in [1.29, 1.82) is 0 Å². The fourth-order valence-corrected chi connectivity index (χ4v) is 4.00. The highest BCUT2D eigenvalue weighted by Crippen LogP contribution is 2.46. The Morgan fingerprint density at radius 1 is 0.931 bits per heavy atom. The number of hydrogen-bond acceptors (Lipinski definition) is 3. The first-order valence-electron chi connectivity index (χ1n) is 10.2. The van der Waals surface area contributed by atoms with Gasteiger partial charge in [-0.05, 0) is 48.2 Å². The first kappa shape index (κ1) is 17.9. The van der Waals surface area contributed by atoms with Crippen LogP contribution in [-0.4, -0.2) is 57.8 Å². The molecule has 1 saturated heterocycles. The summed E-state index contributed by atoms with van der Waals surface area (Å²) in [6, 6.07) is 13.8. The average Bonchev–Trinajstić information content (AvgIpc) is 3.34. The molecule has 2 aromatic carbocycles. The van der Waals surface area contributed by atoms with Crippen LogP contribution in [0.1, 0.15) is 30.1 Å². The molecule has 2 amide bonds. The topological polar surface area (TPSA) is 69.3 Å². The number of aromatic nitrogens is 2. The van der Waals surface area contributed by atoms with Gasteiger partial charge in [-0.1, -0.05) is 25.1 Å².